The summed E-state index contributed by atoms with van der Waals surface area (Å²) in [5.41, 5.74) is 1.10. The highest BCUT2D eigenvalue weighted by Gasteiger charge is 2.38. The number of sulfonamides is 1. The van der Waals surface area contributed by atoms with Gasteiger partial charge in [-0.15, -0.1) is 17.9 Å². The molecule has 1 aliphatic heterocycles. The molecule has 0 spiro atoms. The number of carbonyl (C=O) groups is 1. The van der Waals surface area contributed by atoms with Crippen LogP contribution in [-0.2, 0) is 21.4 Å². The van der Waals surface area contributed by atoms with E-state index in [-0.39, 0.29) is 6.54 Å². The predicted octanol–water partition coefficient (Wildman–Crippen LogP) is 4.50. The number of rotatable bonds is 7. The minimum Gasteiger partial charge on any atom is -0.302 e. The molecule has 2 unspecified atom stereocenters. The molecule has 3 aromatic rings. The summed E-state index contributed by atoms with van der Waals surface area (Å²) in [5.74, 6) is 0. The molecule has 1 saturated heterocycles. The van der Waals surface area contributed by atoms with E-state index >= 15 is 0 Å². The topological polar surface area (TPSA) is 57.7 Å². The van der Waals surface area contributed by atoms with E-state index in [0.29, 0.717) is 29.5 Å². The van der Waals surface area contributed by atoms with E-state index in [4.69, 9.17) is 11.6 Å². The van der Waals surface area contributed by atoms with E-state index in [9.17, 15) is 13.2 Å². The second-order valence-corrected chi connectivity index (χ2v) is 11.2. The summed E-state index contributed by atoms with van der Waals surface area (Å²) in [7, 11) is -3.72. The Kier molecular flexibility index (Phi) is 6.60. The lowest BCUT2D eigenvalue weighted by molar-refractivity contribution is -0.114. The Morgan fingerprint density at radius 3 is 2.65 bits per heavy atom. The van der Waals surface area contributed by atoms with Crippen molar-refractivity contribution in [1.29, 1.82) is 0 Å². The van der Waals surface area contributed by atoms with Crippen LogP contribution in [-0.4, -0.2) is 49.6 Å². The average Bonchev–Trinajstić information content (AvgIpc) is 3.17. The van der Waals surface area contributed by atoms with Crippen molar-refractivity contribution < 1.29 is 13.2 Å². The van der Waals surface area contributed by atoms with Crippen molar-refractivity contribution in [3.63, 3.8) is 0 Å². The molecule has 0 saturated carbocycles. The molecule has 2 aromatic carbocycles. The van der Waals surface area contributed by atoms with Crippen molar-refractivity contribution in [3.05, 3.63) is 82.7 Å². The van der Waals surface area contributed by atoms with Crippen LogP contribution in [0, 0.1) is 0 Å². The van der Waals surface area contributed by atoms with Crippen LogP contribution in [0.2, 0.25) is 5.02 Å². The van der Waals surface area contributed by atoms with Crippen molar-refractivity contribution in [2.45, 2.75) is 17.8 Å². The lowest BCUT2D eigenvalue weighted by Crippen LogP contribution is -2.55. The van der Waals surface area contributed by atoms with E-state index in [2.05, 4.69) is 6.58 Å². The Morgan fingerprint density at radius 2 is 1.94 bits per heavy atom. The summed E-state index contributed by atoms with van der Waals surface area (Å²) in [6.07, 6.45) is 2.31. The third kappa shape index (κ3) is 4.61. The number of aldehydes is 1. The summed E-state index contributed by atoms with van der Waals surface area (Å²) >= 11 is 7.48. The first kappa shape index (κ1) is 22.2. The number of halogens is 1. The fourth-order valence-electron chi connectivity index (χ4n) is 3.91. The highest BCUT2D eigenvalue weighted by atomic mass is 35.5. The first-order chi connectivity index (χ1) is 14.9. The van der Waals surface area contributed by atoms with Gasteiger partial charge < -0.3 is 4.79 Å². The van der Waals surface area contributed by atoms with Gasteiger partial charge in [-0.25, -0.2) is 8.42 Å². The Morgan fingerprint density at radius 1 is 1.16 bits per heavy atom. The number of piperazine rings is 1. The molecule has 162 valence electrons. The number of benzene rings is 2. The van der Waals surface area contributed by atoms with Gasteiger partial charge in [0.25, 0.3) is 0 Å². The smallest absolute Gasteiger partial charge is 0.225 e. The van der Waals surface area contributed by atoms with E-state index in [1.165, 1.54) is 21.7 Å². The number of hydrogen-bond donors (Lipinski definition) is 0. The third-order valence-electron chi connectivity index (χ3n) is 5.56. The van der Waals surface area contributed by atoms with Gasteiger partial charge in [0.1, 0.15) is 11.5 Å². The second-order valence-electron chi connectivity index (χ2n) is 7.55. The standard InChI is InChI=1S/C23H23ClN2O3S2/c1-2-23(22-12-18-8-9-19(24)13-21(18)30-22)31(28,29)26-11-10-25(20(15-26)16-27)14-17-6-4-3-5-7-17/h2-9,12-13,16,20,23H,1,10-11,14-15H2. The first-order valence-corrected chi connectivity index (χ1v) is 12.7. The van der Waals surface area contributed by atoms with Gasteiger partial charge in [0, 0.05) is 40.8 Å². The van der Waals surface area contributed by atoms with Gasteiger partial charge in [-0.2, -0.15) is 4.31 Å². The molecule has 8 heteroatoms. The molecule has 2 atom stereocenters. The molecule has 1 fully saturated rings. The van der Waals surface area contributed by atoms with E-state index in [1.54, 1.807) is 6.07 Å². The first-order valence-electron chi connectivity index (χ1n) is 9.96. The Hall–Kier alpha value is -2.03. The SMILES string of the molecule is C=CC(c1cc2ccc(Cl)cc2s1)S(=O)(=O)N1CCN(Cc2ccccc2)C(C=O)C1. The molecule has 0 bridgehead atoms. The van der Waals surface area contributed by atoms with Gasteiger partial charge >= 0.3 is 0 Å². The zero-order chi connectivity index (χ0) is 22.0. The van der Waals surface area contributed by atoms with E-state index < -0.39 is 21.3 Å². The summed E-state index contributed by atoms with van der Waals surface area (Å²) in [4.78, 5) is 14.5. The van der Waals surface area contributed by atoms with Crippen LogP contribution in [0.25, 0.3) is 10.1 Å². The molecular formula is C23H23ClN2O3S2. The van der Waals surface area contributed by atoms with Gasteiger partial charge in [-0.05, 0) is 29.1 Å². The van der Waals surface area contributed by atoms with Gasteiger partial charge in [-0.3, -0.25) is 4.90 Å². The van der Waals surface area contributed by atoms with Gasteiger partial charge in [-0.1, -0.05) is 54.1 Å². The normalized spacial score (nSPS) is 19.3. The van der Waals surface area contributed by atoms with Crippen LogP contribution in [0.1, 0.15) is 15.7 Å². The maximum absolute atomic E-state index is 13.5. The Balaban J connectivity index is 1.55. The summed E-state index contributed by atoms with van der Waals surface area (Å²) in [6.45, 7) is 5.36. The lowest BCUT2D eigenvalue weighted by Gasteiger charge is -2.39. The van der Waals surface area contributed by atoms with Crippen LogP contribution >= 0.6 is 22.9 Å². The number of thiophene rings is 1. The van der Waals surface area contributed by atoms with E-state index in [1.807, 2.05) is 53.4 Å². The number of nitrogens with zero attached hydrogens (tertiary/aromatic N) is 2. The molecule has 4 rings (SSSR count). The van der Waals surface area contributed by atoms with Crippen molar-refractivity contribution in [2.75, 3.05) is 19.6 Å². The average molecular weight is 475 g/mol. The second kappa shape index (κ2) is 9.22. The minimum absolute atomic E-state index is 0.139. The predicted molar refractivity (Wildman–Crippen MR) is 127 cm³/mol. The molecule has 31 heavy (non-hydrogen) atoms. The molecule has 0 aliphatic carbocycles. The Labute approximate surface area is 191 Å². The molecular weight excluding hydrogens is 452 g/mol. The highest BCUT2D eigenvalue weighted by molar-refractivity contribution is 7.89. The van der Waals surface area contributed by atoms with Crippen molar-refractivity contribution in [3.8, 4) is 0 Å². The van der Waals surface area contributed by atoms with Crippen LogP contribution in [0.15, 0.2) is 67.3 Å². The number of carbonyl (C=O) groups excluding carboxylic acids is 1. The zero-order valence-electron chi connectivity index (χ0n) is 16.9. The third-order valence-corrected chi connectivity index (χ3v) is 9.26. The minimum atomic E-state index is -3.72. The molecule has 2 heterocycles. The zero-order valence-corrected chi connectivity index (χ0v) is 19.2. The van der Waals surface area contributed by atoms with Crippen LogP contribution in [0.5, 0.6) is 0 Å². The summed E-state index contributed by atoms with van der Waals surface area (Å²) in [5, 5.41) is 0.698. The number of fused-ring (bicyclic) bond motifs is 1. The summed E-state index contributed by atoms with van der Waals surface area (Å²) in [6, 6.07) is 16.8. The van der Waals surface area contributed by atoms with Crippen LogP contribution in [0.4, 0.5) is 0 Å². The van der Waals surface area contributed by atoms with E-state index in [0.717, 1.165) is 21.9 Å². The van der Waals surface area contributed by atoms with Crippen molar-refractivity contribution >= 4 is 49.3 Å². The largest absolute Gasteiger partial charge is 0.302 e. The molecule has 0 N–H and O–H groups in total. The van der Waals surface area contributed by atoms with Crippen molar-refractivity contribution in [1.82, 2.24) is 9.21 Å². The van der Waals surface area contributed by atoms with Gasteiger partial charge in [0.15, 0.2) is 0 Å². The monoisotopic (exact) mass is 474 g/mol. The molecule has 5 nitrogen and oxygen atoms in total. The molecule has 0 radical (unpaired) electrons. The van der Waals surface area contributed by atoms with Crippen molar-refractivity contribution in [2.24, 2.45) is 0 Å². The fraction of sp³-hybridized carbons (Fsp3) is 0.261. The van der Waals surface area contributed by atoms with Gasteiger partial charge in [0.2, 0.25) is 10.0 Å². The Bertz CT molecular complexity index is 1190. The number of hydrogen-bond acceptors (Lipinski definition) is 5. The van der Waals surface area contributed by atoms with Crippen LogP contribution in [0.3, 0.4) is 0 Å². The summed E-state index contributed by atoms with van der Waals surface area (Å²) < 4.78 is 29.3. The van der Waals surface area contributed by atoms with Crippen LogP contribution < -0.4 is 0 Å². The molecule has 1 aromatic heterocycles. The molecule has 1 aliphatic rings. The lowest BCUT2D eigenvalue weighted by atomic mass is 10.1. The molecule has 0 amide bonds. The maximum Gasteiger partial charge on any atom is 0.225 e. The fourth-order valence-corrected chi connectivity index (χ4v) is 7.36. The highest BCUT2D eigenvalue weighted by Crippen LogP contribution is 2.37. The van der Waals surface area contributed by atoms with Gasteiger partial charge in [0.05, 0.1) is 6.04 Å². The maximum atomic E-state index is 13.5. The quantitative estimate of drug-likeness (QED) is 0.374.